The minimum Gasteiger partial charge on any atom is -0.345 e. The summed E-state index contributed by atoms with van der Waals surface area (Å²) in [7, 11) is 2.00. The lowest BCUT2D eigenvalue weighted by Crippen LogP contribution is -2.14. The number of nitrogens with one attached hydrogen (secondary N) is 1. The largest absolute Gasteiger partial charge is 0.345 e. The van der Waals surface area contributed by atoms with Gasteiger partial charge in [0, 0.05) is 36.2 Å². The molecular formula is C19H15N7S. The Morgan fingerprint density at radius 1 is 1.19 bits per heavy atom. The lowest BCUT2D eigenvalue weighted by molar-refractivity contribution is 0.918. The average Bonchev–Trinajstić information content (AvgIpc) is 3.48. The van der Waals surface area contributed by atoms with Crippen molar-refractivity contribution >= 4 is 33.9 Å². The van der Waals surface area contributed by atoms with Crippen LogP contribution in [0.5, 0.6) is 0 Å². The van der Waals surface area contributed by atoms with E-state index in [9.17, 15) is 0 Å². The number of aromatic amines is 1. The Morgan fingerprint density at radius 2 is 2.15 bits per heavy atom. The second-order valence-corrected chi connectivity index (χ2v) is 6.97. The molecule has 4 heterocycles. The van der Waals surface area contributed by atoms with Gasteiger partial charge in [0.25, 0.3) is 0 Å². The molecule has 132 valence electrons. The highest BCUT2D eigenvalue weighted by atomic mass is 32.1. The van der Waals surface area contributed by atoms with Crippen molar-refractivity contribution in [1.82, 2.24) is 29.5 Å². The maximum Gasteiger partial charge on any atom is 0.236 e. The molecule has 8 heteroatoms. The monoisotopic (exact) mass is 373 g/mol. The summed E-state index contributed by atoms with van der Waals surface area (Å²) in [4.78, 5) is 24.1. The van der Waals surface area contributed by atoms with Gasteiger partial charge in [0.1, 0.15) is 12.1 Å². The molecule has 0 saturated heterocycles. The number of nitrogens with zero attached hydrogens (tertiary/aromatic N) is 6. The van der Waals surface area contributed by atoms with Crippen LogP contribution in [0.15, 0.2) is 67.0 Å². The number of anilines is 2. The van der Waals surface area contributed by atoms with Gasteiger partial charge in [0.15, 0.2) is 0 Å². The highest BCUT2D eigenvalue weighted by Crippen LogP contribution is 2.35. The molecule has 7 nitrogen and oxygen atoms in total. The Bertz CT molecular complexity index is 1190. The standard InChI is InChI=1S/C19H15N7S/c1-25(13-4-5-15-16(9-13)23-11-22-15)18-14(17-3-2-8-27-17)10-21-19(24-18)26-7-6-20-12-26/h2-12H,1H3,(H,22,23). The van der Waals surface area contributed by atoms with Gasteiger partial charge >= 0.3 is 0 Å². The van der Waals surface area contributed by atoms with Gasteiger partial charge in [-0.2, -0.15) is 4.98 Å². The molecule has 0 aliphatic rings. The van der Waals surface area contributed by atoms with E-state index in [0.29, 0.717) is 5.95 Å². The van der Waals surface area contributed by atoms with Crippen molar-refractivity contribution in [2.75, 3.05) is 11.9 Å². The summed E-state index contributed by atoms with van der Waals surface area (Å²) < 4.78 is 1.80. The normalized spacial score (nSPS) is 11.1. The maximum atomic E-state index is 4.83. The van der Waals surface area contributed by atoms with Gasteiger partial charge in [-0.15, -0.1) is 11.3 Å². The summed E-state index contributed by atoms with van der Waals surface area (Å²) in [5.41, 5.74) is 3.91. The fraction of sp³-hybridized carbons (Fsp3) is 0.0526. The second kappa shape index (κ2) is 6.33. The Balaban J connectivity index is 1.66. The first kappa shape index (κ1) is 15.7. The summed E-state index contributed by atoms with van der Waals surface area (Å²) in [6.45, 7) is 0. The number of thiophene rings is 1. The van der Waals surface area contributed by atoms with Crippen LogP contribution in [0.25, 0.3) is 27.4 Å². The molecule has 0 fully saturated rings. The molecule has 0 atom stereocenters. The topological polar surface area (TPSA) is 75.5 Å². The SMILES string of the molecule is CN(c1ccc2[nH]cnc2c1)c1nc(-n2ccnc2)ncc1-c1cccs1. The molecule has 1 aromatic carbocycles. The van der Waals surface area contributed by atoms with Crippen LogP contribution >= 0.6 is 11.3 Å². The fourth-order valence-corrected chi connectivity index (χ4v) is 3.71. The number of H-pyrrole nitrogens is 1. The van der Waals surface area contributed by atoms with E-state index in [1.165, 1.54) is 0 Å². The Labute approximate surface area is 159 Å². The van der Waals surface area contributed by atoms with Crippen LogP contribution in [0.3, 0.4) is 0 Å². The summed E-state index contributed by atoms with van der Waals surface area (Å²) in [5.74, 6) is 1.40. The highest BCUT2D eigenvalue weighted by molar-refractivity contribution is 7.13. The summed E-state index contributed by atoms with van der Waals surface area (Å²) in [6, 6.07) is 10.2. The van der Waals surface area contributed by atoms with Gasteiger partial charge < -0.3 is 9.88 Å². The van der Waals surface area contributed by atoms with E-state index in [2.05, 4.69) is 42.3 Å². The van der Waals surface area contributed by atoms with Gasteiger partial charge in [-0.05, 0) is 29.6 Å². The number of fused-ring (bicyclic) bond motifs is 1. The number of imidazole rings is 2. The number of benzene rings is 1. The third-order valence-corrected chi connectivity index (χ3v) is 5.29. The first-order valence-electron chi connectivity index (χ1n) is 8.36. The number of hydrogen-bond donors (Lipinski definition) is 1. The zero-order chi connectivity index (χ0) is 18.2. The van der Waals surface area contributed by atoms with E-state index in [1.807, 2.05) is 37.6 Å². The maximum absolute atomic E-state index is 4.83. The Morgan fingerprint density at radius 3 is 2.96 bits per heavy atom. The molecule has 0 aliphatic heterocycles. The zero-order valence-electron chi connectivity index (χ0n) is 14.4. The van der Waals surface area contributed by atoms with Gasteiger partial charge in [-0.25, -0.2) is 15.0 Å². The first-order valence-corrected chi connectivity index (χ1v) is 9.24. The zero-order valence-corrected chi connectivity index (χ0v) is 15.3. The van der Waals surface area contributed by atoms with E-state index in [4.69, 9.17) is 4.98 Å². The third-order valence-electron chi connectivity index (χ3n) is 4.39. The second-order valence-electron chi connectivity index (χ2n) is 6.02. The molecule has 0 unspecified atom stereocenters. The lowest BCUT2D eigenvalue weighted by Gasteiger charge is -2.21. The van der Waals surface area contributed by atoms with Crippen molar-refractivity contribution in [1.29, 1.82) is 0 Å². The molecule has 0 amide bonds. The third kappa shape index (κ3) is 2.76. The van der Waals surface area contributed by atoms with Crippen molar-refractivity contribution in [3.05, 3.63) is 67.0 Å². The molecule has 5 aromatic rings. The molecule has 0 bridgehead atoms. The van der Waals surface area contributed by atoms with Crippen LogP contribution < -0.4 is 4.90 Å². The number of rotatable bonds is 4. The number of aromatic nitrogens is 6. The predicted octanol–water partition coefficient (Wildman–Crippen LogP) is 4.04. The van der Waals surface area contributed by atoms with Gasteiger partial charge in [0.05, 0.1) is 22.9 Å². The molecule has 5 rings (SSSR count). The van der Waals surface area contributed by atoms with Crippen molar-refractivity contribution in [3.8, 4) is 16.4 Å². The molecule has 27 heavy (non-hydrogen) atoms. The van der Waals surface area contributed by atoms with Crippen LogP contribution in [0.4, 0.5) is 11.5 Å². The van der Waals surface area contributed by atoms with Crippen LogP contribution in [0, 0.1) is 0 Å². The fourth-order valence-electron chi connectivity index (χ4n) is 2.98. The van der Waals surface area contributed by atoms with Crippen LogP contribution in [-0.2, 0) is 0 Å². The van der Waals surface area contributed by atoms with Gasteiger partial charge in [-0.1, -0.05) is 6.07 Å². The van der Waals surface area contributed by atoms with Crippen LogP contribution in [-0.4, -0.2) is 36.5 Å². The van der Waals surface area contributed by atoms with Crippen molar-refractivity contribution < 1.29 is 0 Å². The summed E-state index contributed by atoms with van der Waals surface area (Å²) in [5, 5.41) is 2.05. The van der Waals surface area contributed by atoms with Gasteiger partial charge in [0.2, 0.25) is 5.95 Å². The van der Waals surface area contributed by atoms with E-state index < -0.39 is 0 Å². The molecule has 1 N–H and O–H groups in total. The molecular weight excluding hydrogens is 358 g/mol. The minimum atomic E-state index is 0.579. The first-order chi connectivity index (χ1) is 13.3. The van der Waals surface area contributed by atoms with Gasteiger partial charge in [-0.3, -0.25) is 4.57 Å². The van der Waals surface area contributed by atoms with E-state index in [0.717, 1.165) is 33.0 Å². The predicted molar refractivity (Wildman–Crippen MR) is 107 cm³/mol. The quantitative estimate of drug-likeness (QED) is 0.515. The summed E-state index contributed by atoms with van der Waals surface area (Å²) >= 11 is 1.67. The van der Waals surface area contributed by atoms with E-state index in [1.54, 1.807) is 34.8 Å². The molecule has 0 spiro atoms. The van der Waals surface area contributed by atoms with Crippen LogP contribution in [0.2, 0.25) is 0 Å². The molecule has 0 saturated carbocycles. The Kier molecular flexibility index (Phi) is 3.68. The smallest absolute Gasteiger partial charge is 0.236 e. The highest BCUT2D eigenvalue weighted by Gasteiger charge is 2.17. The molecule has 0 aliphatic carbocycles. The number of hydrogen-bond acceptors (Lipinski definition) is 6. The van der Waals surface area contributed by atoms with Crippen molar-refractivity contribution in [3.63, 3.8) is 0 Å². The van der Waals surface area contributed by atoms with Crippen molar-refractivity contribution in [2.24, 2.45) is 0 Å². The lowest BCUT2D eigenvalue weighted by atomic mass is 10.2. The average molecular weight is 373 g/mol. The summed E-state index contributed by atoms with van der Waals surface area (Å²) in [6.07, 6.45) is 8.81. The van der Waals surface area contributed by atoms with E-state index in [-0.39, 0.29) is 0 Å². The van der Waals surface area contributed by atoms with E-state index >= 15 is 0 Å². The van der Waals surface area contributed by atoms with Crippen molar-refractivity contribution in [2.45, 2.75) is 0 Å². The van der Waals surface area contributed by atoms with Crippen LogP contribution in [0.1, 0.15) is 0 Å². The molecule has 0 radical (unpaired) electrons. The minimum absolute atomic E-state index is 0.579. The molecule has 4 aromatic heterocycles. The Hall–Kier alpha value is -3.52.